The highest BCUT2D eigenvalue weighted by molar-refractivity contribution is 9.10. The maximum absolute atomic E-state index is 6.14. The van der Waals surface area contributed by atoms with E-state index in [0.29, 0.717) is 18.6 Å². The van der Waals surface area contributed by atoms with Gasteiger partial charge >= 0.3 is 0 Å². The van der Waals surface area contributed by atoms with Crippen molar-refractivity contribution in [1.82, 2.24) is 5.32 Å². The van der Waals surface area contributed by atoms with Crippen LogP contribution in [-0.2, 0) is 4.74 Å². The van der Waals surface area contributed by atoms with E-state index < -0.39 is 0 Å². The molecular weight excluding hydrogens is 318 g/mol. The molecule has 0 saturated carbocycles. The molecule has 1 rings (SSSR count). The van der Waals surface area contributed by atoms with Gasteiger partial charge in [0.25, 0.3) is 0 Å². The molecule has 1 N–H and O–H groups in total. The summed E-state index contributed by atoms with van der Waals surface area (Å²) in [4.78, 5) is 0. The molecule has 0 fully saturated rings. The molecule has 0 aliphatic heterocycles. The topological polar surface area (TPSA) is 30.5 Å². The molecule has 3 nitrogen and oxygen atoms in total. The average Bonchev–Trinajstić information content (AvgIpc) is 2.37. The predicted octanol–water partition coefficient (Wildman–Crippen LogP) is 3.96. The van der Waals surface area contributed by atoms with Crippen molar-refractivity contribution in [2.75, 3.05) is 20.3 Å². The Labute approximate surface area is 131 Å². The van der Waals surface area contributed by atoms with E-state index in [0.717, 1.165) is 16.8 Å². The van der Waals surface area contributed by atoms with Crippen molar-refractivity contribution in [3.63, 3.8) is 0 Å². The van der Waals surface area contributed by atoms with Gasteiger partial charge in [-0.3, -0.25) is 0 Å². The van der Waals surface area contributed by atoms with E-state index in [2.05, 4.69) is 55.0 Å². The van der Waals surface area contributed by atoms with Gasteiger partial charge in [-0.1, -0.05) is 43.6 Å². The molecule has 0 bridgehead atoms. The fourth-order valence-corrected chi connectivity index (χ4v) is 2.32. The lowest BCUT2D eigenvalue weighted by Gasteiger charge is -2.23. The highest BCUT2D eigenvalue weighted by Crippen LogP contribution is 2.30. The fraction of sp³-hybridized carbons (Fsp3) is 0.625. The van der Waals surface area contributed by atoms with Crippen molar-refractivity contribution in [2.24, 2.45) is 0 Å². The Kier molecular flexibility index (Phi) is 7.56. The summed E-state index contributed by atoms with van der Waals surface area (Å²) >= 11 is 3.52. The number of hydrogen-bond acceptors (Lipinski definition) is 3. The summed E-state index contributed by atoms with van der Waals surface area (Å²) in [6.07, 6.45) is 0.0149. The number of rotatable bonds is 8. The second kappa shape index (κ2) is 8.65. The van der Waals surface area contributed by atoms with Gasteiger partial charge in [0, 0.05) is 24.2 Å². The predicted molar refractivity (Wildman–Crippen MR) is 87.7 cm³/mol. The van der Waals surface area contributed by atoms with Gasteiger partial charge in [0.2, 0.25) is 0 Å². The van der Waals surface area contributed by atoms with Crippen molar-refractivity contribution >= 4 is 15.9 Å². The van der Waals surface area contributed by atoms with Crippen molar-refractivity contribution in [3.05, 3.63) is 28.2 Å². The van der Waals surface area contributed by atoms with E-state index in [1.54, 1.807) is 7.11 Å². The Morgan fingerprint density at radius 1 is 1.20 bits per heavy atom. The average molecular weight is 344 g/mol. The minimum atomic E-state index is 0.0149. The third-order valence-corrected chi connectivity index (χ3v) is 3.49. The van der Waals surface area contributed by atoms with E-state index >= 15 is 0 Å². The Balaban J connectivity index is 2.81. The zero-order valence-electron chi connectivity index (χ0n) is 13.1. The van der Waals surface area contributed by atoms with Gasteiger partial charge in [-0.15, -0.1) is 0 Å². The molecule has 1 unspecified atom stereocenters. The molecule has 0 aliphatic rings. The van der Waals surface area contributed by atoms with Crippen LogP contribution in [0.1, 0.15) is 39.2 Å². The molecule has 20 heavy (non-hydrogen) atoms. The van der Waals surface area contributed by atoms with Crippen molar-refractivity contribution < 1.29 is 9.47 Å². The van der Waals surface area contributed by atoms with Crippen molar-refractivity contribution in [1.29, 1.82) is 0 Å². The second-order valence-corrected chi connectivity index (χ2v) is 6.51. The SMILES string of the molecule is COCC(CNC(C)C)Oc1ccc(Br)cc1C(C)C. The van der Waals surface area contributed by atoms with Gasteiger partial charge in [-0.2, -0.15) is 0 Å². The molecule has 0 aromatic heterocycles. The maximum atomic E-state index is 6.14. The van der Waals surface area contributed by atoms with Crippen molar-refractivity contribution in [2.45, 2.75) is 45.8 Å². The van der Waals surface area contributed by atoms with Gasteiger partial charge < -0.3 is 14.8 Å². The number of ether oxygens (including phenoxy) is 2. The lowest BCUT2D eigenvalue weighted by atomic mass is 10.0. The molecule has 4 heteroatoms. The third kappa shape index (κ3) is 5.81. The number of benzene rings is 1. The molecule has 0 saturated heterocycles. The van der Waals surface area contributed by atoms with Crippen LogP contribution in [0.4, 0.5) is 0 Å². The van der Waals surface area contributed by atoms with Crippen LogP contribution in [0.3, 0.4) is 0 Å². The standard InChI is InChI=1S/C16H26BrNO2/c1-11(2)15-8-13(17)6-7-16(15)20-14(10-19-5)9-18-12(3)4/h6-8,11-12,14,18H,9-10H2,1-5H3. The lowest BCUT2D eigenvalue weighted by Crippen LogP contribution is -2.38. The molecule has 0 spiro atoms. The van der Waals surface area contributed by atoms with Gasteiger partial charge in [0.1, 0.15) is 11.9 Å². The monoisotopic (exact) mass is 343 g/mol. The first-order chi connectivity index (χ1) is 9.43. The van der Waals surface area contributed by atoms with E-state index in [1.165, 1.54) is 5.56 Å². The summed E-state index contributed by atoms with van der Waals surface area (Å²) in [6, 6.07) is 6.60. The zero-order chi connectivity index (χ0) is 15.1. The first kappa shape index (κ1) is 17.5. The molecule has 1 aromatic carbocycles. The van der Waals surface area contributed by atoms with Crippen LogP contribution < -0.4 is 10.1 Å². The highest BCUT2D eigenvalue weighted by Gasteiger charge is 2.15. The first-order valence-electron chi connectivity index (χ1n) is 7.12. The van der Waals surface area contributed by atoms with Crippen LogP contribution in [0.2, 0.25) is 0 Å². The summed E-state index contributed by atoms with van der Waals surface area (Å²) in [7, 11) is 1.71. The number of methoxy groups -OCH3 is 1. The summed E-state index contributed by atoms with van der Waals surface area (Å²) in [5.74, 6) is 1.36. The minimum absolute atomic E-state index is 0.0149. The Bertz CT molecular complexity index is 407. The maximum Gasteiger partial charge on any atom is 0.134 e. The molecule has 0 radical (unpaired) electrons. The van der Waals surface area contributed by atoms with Crippen LogP contribution in [0.5, 0.6) is 5.75 Å². The quantitative estimate of drug-likeness (QED) is 0.774. The summed E-state index contributed by atoms with van der Waals surface area (Å²) < 4.78 is 12.5. The first-order valence-corrected chi connectivity index (χ1v) is 7.91. The smallest absolute Gasteiger partial charge is 0.134 e. The number of halogens is 1. The van der Waals surface area contributed by atoms with E-state index in [9.17, 15) is 0 Å². The highest BCUT2D eigenvalue weighted by atomic mass is 79.9. The van der Waals surface area contributed by atoms with Gasteiger partial charge in [-0.25, -0.2) is 0 Å². The number of hydrogen-bond donors (Lipinski definition) is 1. The normalized spacial score (nSPS) is 13.0. The molecule has 1 aromatic rings. The van der Waals surface area contributed by atoms with Crippen LogP contribution >= 0.6 is 15.9 Å². The van der Waals surface area contributed by atoms with Crippen LogP contribution in [-0.4, -0.2) is 32.4 Å². The number of nitrogens with one attached hydrogen (secondary N) is 1. The third-order valence-electron chi connectivity index (χ3n) is 2.99. The van der Waals surface area contributed by atoms with E-state index in [-0.39, 0.29) is 6.10 Å². The van der Waals surface area contributed by atoms with Crippen molar-refractivity contribution in [3.8, 4) is 5.75 Å². The Hall–Kier alpha value is -0.580. The Morgan fingerprint density at radius 3 is 2.45 bits per heavy atom. The molecule has 0 heterocycles. The summed E-state index contributed by atoms with van der Waals surface area (Å²) in [5, 5.41) is 3.40. The molecule has 0 aliphatic carbocycles. The fourth-order valence-electron chi connectivity index (χ4n) is 1.95. The lowest BCUT2D eigenvalue weighted by molar-refractivity contribution is 0.0786. The summed E-state index contributed by atoms with van der Waals surface area (Å²) in [5.41, 5.74) is 1.21. The largest absolute Gasteiger partial charge is 0.486 e. The van der Waals surface area contributed by atoms with Gasteiger partial charge in [0.15, 0.2) is 0 Å². The molecule has 0 amide bonds. The molecular formula is C16H26BrNO2. The van der Waals surface area contributed by atoms with Gasteiger partial charge in [-0.05, 0) is 29.7 Å². The Morgan fingerprint density at radius 2 is 1.90 bits per heavy atom. The van der Waals surface area contributed by atoms with E-state index in [1.807, 2.05) is 12.1 Å². The summed E-state index contributed by atoms with van der Waals surface area (Å²) in [6.45, 7) is 9.96. The second-order valence-electron chi connectivity index (χ2n) is 5.59. The van der Waals surface area contributed by atoms with Crippen LogP contribution in [0.15, 0.2) is 22.7 Å². The molecule has 114 valence electrons. The minimum Gasteiger partial charge on any atom is -0.486 e. The van der Waals surface area contributed by atoms with E-state index in [4.69, 9.17) is 9.47 Å². The zero-order valence-corrected chi connectivity index (χ0v) is 14.7. The van der Waals surface area contributed by atoms with Crippen LogP contribution in [0.25, 0.3) is 0 Å². The molecule has 1 atom stereocenters. The van der Waals surface area contributed by atoms with Gasteiger partial charge in [0.05, 0.1) is 6.61 Å². The van der Waals surface area contributed by atoms with Crippen LogP contribution in [0, 0.1) is 0 Å².